The van der Waals surface area contributed by atoms with E-state index in [9.17, 15) is 9.59 Å². The van der Waals surface area contributed by atoms with E-state index < -0.39 is 12.2 Å². The number of fused-ring (bicyclic) bond motifs is 1. The minimum absolute atomic E-state index is 0.00338. The maximum absolute atomic E-state index is 11.2. The Bertz CT molecular complexity index is 334. The summed E-state index contributed by atoms with van der Waals surface area (Å²) in [4.78, 5) is 29.6. The first-order valence-corrected chi connectivity index (χ1v) is 3.64. The second kappa shape index (κ2) is 2.54. The van der Waals surface area contributed by atoms with Crippen molar-refractivity contribution in [3.63, 3.8) is 0 Å². The zero-order valence-corrected chi connectivity index (χ0v) is 6.52. The number of guanidine groups is 1. The van der Waals surface area contributed by atoms with E-state index in [0.717, 1.165) is 6.21 Å². The number of nitrogens with one attached hydrogen (secondary N) is 2. The molecule has 2 aliphatic rings. The molecule has 2 aliphatic heterocycles. The first kappa shape index (κ1) is 7.71. The van der Waals surface area contributed by atoms with Gasteiger partial charge < -0.3 is 11.1 Å². The fourth-order valence-electron chi connectivity index (χ4n) is 1.19. The quantitative estimate of drug-likeness (QED) is 0.379. The second-order valence-electron chi connectivity index (χ2n) is 2.68. The lowest BCUT2D eigenvalue weighted by molar-refractivity contribution is -0.123. The molecule has 0 bridgehead atoms. The molecule has 0 fully saturated rings. The SMILES string of the molecule is NC1=N[C@H]2NC(=O)C=N[C@H]2C(=O)N1. The second-order valence-corrected chi connectivity index (χ2v) is 2.68. The molecule has 7 nitrogen and oxygen atoms in total. The summed E-state index contributed by atoms with van der Waals surface area (Å²) in [5.41, 5.74) is 5.29. The van der Waals surface area contributed by atoms with Gasteiger partial charge in [0.15, 0.2) is 18.2 Å². The van der Waals surface area contributed by atoms with Crippen LogP contribution in [0.1, 0.15) is 0 Å². The van der Waals surface area contributed by atoms with E-state index in [-0.39, 0.29) is 17.8 Å². The third-order valence-corrected chi connectivity index (χ3v) is 1.74. The van der Waals surface area contributed by atoms with Gasteiger partial charge in [0.2, 0.25) is 0 Å². The largest absolute Gasteiger partial charge is 0.370 e. The number of carbonyl (C=O) groups is 2. The van der Waals surface area contributed by atoms with Crippen molar-refractivity contribution in [1.82, 2.24) is 10.6 Å². The molecule has 0 aliphatic carbocycles. The first-order chi connectivity index (χ1) is 6.16. The molecule has 0 aromatic carbocycles. The van der Waals surface area contributed by atoms with Crippen LogP contribution in [0.3, 0.4) is 0 Å². The average Bonchev–Trinajstić information content (AvgIpc) is 2.02. The molecule has 2 atom stereocenters. The van der Waals surface area contributed by atoms with Gasteiger partial charge in [0.25, 0.3) is 11.8 Å². The summed E-state index contributed by atoms with van der Waals surface area (Å²) in [5.74, 6) is -0.718. The van der Waals surface area contributed by atoms with Crippen LogP contribution in [-0.4, -0.2) is 36.2 Å². The van der Waals surface area contributed by atoms with E-state index in [4.69, 9.17) is 5.73 Å². The average molecular weight is 181 g/mol. The lowest BCUT2D eigenvalue weighted by Crippen LogP contribution is -2.59. The Morgan fingerprint density at radius 2 is 2.23 bits per heavy atom. The molecule has 68 valence electrons. The highest BCUT2D eigenvalue weighted by Gasteiger charge is 2.35. The third kappa shape index (κ3) is 1.24. The number of hydrogen-bond acceptors (Lipinski definition) is 5. The molecule has 0 aromatic heterocycles. The van der Waals surface area contributed by atoms with Crippen molar-refractivity contribution in [3.8, 4) is 0 Å². The molecule has 2 rings (SSSR count). The van der Waals surface area contributed by atoms with Crippen LogP contribution < -0.4 is 16.4 Å². The molecule has 0 saturated carbocycles. The lowest BCUT2D eigenvalue weighted by Gasteiger charge is -2.27. The first-order valence-electron chi connectivity index (χ1n) is 3.64. The number of amides is 2. The molecule has 13 heavy (non-hydrogen) atoms. The van der Waals surface area contributed by atoms with Gasteiger partial charge >= 0.3 is 0 Å². The molecule has 2 amide bonds. The number of carbonyl (C=O) groups excluding carboxylic acids is 2. The smallest absolute Gasteiger partial charge is 0.263 e. The highest BCUT2D eigenvalue weighted by atomic mass is 16.2. The number of rotatable bonds is 0. The number of nitrogens with two attached hydrogens (primary N) is 1. The number of nitrogens with zero attached hydrogens (tertiary/aromatic N) is 2. The minimum atomic E-state index is -0.690. The van der Waals surface area contributed by atoms with Crippen molar-refractivity contribution in [1.29, 1.82) is 0 Å². The Labute approximate surface area is 73.1 Å². The zero-order valence-electron chi connectivity index (χ0n) is 6.52. The Morgan fingerprint density at radius 3 is 3.00 bits per heavy atom. The molecule has 0 spiro atoms. The van der Waals surface area contributed by atoms with Gasteiger partial charge in [0, 0.05) is 0 Å². The maximum atomic E-state index is 11.2. The normalized spacial score (nSPS) is 31.5. The summed E-state index contributed by atoms with van der Waals surface area (Å²) in [6, 6.07) is -0.690. The van der Waals surface area contributed by atoms with Gasteiger partial charge in [-0.05, 0) is 0 Å². The summed E-state index contributed by atoms with van der Waals surface area (Å²) in [5, 5.41) is 4.78. The molecular weight excluding hydrogens is 174 g/mol. The Kier molecular flexibility index (Phi) is 1.51. The minimum Gasteiger partial charge on any atom is -0.370 e. The van der Waals surface area contributed by atoms with Crippen LogP contribution in [0.4, 0.5) is 0 Å². The highest BCUT2D eigenvalue weighted by molar-refractivity contribution is 6.27. The molecule has 0 radical (unpaired) electrons. The Hall–Kier alpha value is -1.92. The predicted octanol–water partition coefficient (Wildman–Crippen LogP) is -2.67. The van der Waals surface area contributed by atoms with Crippen molar-refractivity contribution in [2.75, 3.05) is 0 Å². The van der Waals surface area contributed by atoms with Crippen molar-refractivity contribution < 1.29 is 9.59 Å². The van der Waals surface area contributed by atoms with E-state index in [2.05, 4.69) is 20.6 Å². The summed E-state index contributed by atoms with van der Waals surface area (Å²) < 4.78 is 0. The summed E-state index contributed by atoms with van der Waals surface area (Å²) in [6.45, 7) is 0. The van der Waals surface area contributed by atoms with Crippen LogP contribution in [0.2, 0.25) is 0 Å². The fraction of sp³-hybridized carbons (Fsp3) is 0.333. The summed E-state index contributed by atoms with van der Waals surface area (Å²) in [7, 11) is 0. The zero-order chi connectivity index (χ0) is 9.42. The van der Waals surface area contributed by atoms with Crippen LogP contribution in [0, 0.1) is 0 Å². The predicted molar refractivity (Wildman–Crippen MR) is 44.0 cm³/mol. The third-order valence-electron chi connectivity index (χ3n) is 1.74. The van der Waals surface area contributed by atoms with Gasteiger partial charge in [-0.1, -0.05) is 0 Å². The van der Waals surface area contributed by atoms with E-state index in [0.29, 0.717) is 0 Å². The topological polar surface area (TPSA) is 109 Å². The summed E-state index contributed by atoms with van der Waals surface area (Å²) >= 11 is 0. The monoisotopic (exact) mass is 181 g/mol. The van der Waals surface area contributed by atoms with Crippen molar-refractivity contribution in [2.24, 2.45) is 15.7 Å². The van der Waals surface area contributed by atoms with Crippen LogP contribution in [0.25, 0.3) is 0 Å². The van der Waals surface area contributed by atoms with Crippen LogP contribution >= 0.6 is 0 Å². The standard InChI is InChI=1S/C6H7N5O2/c7-6-10-4-3(5(13)11-6)8-1-2(12)9-4/h1,3-4H,(H,9,12)(H3,7,10,11,13)/t3-,4-/m1/s1. The molecule has 2 heterocycles. The number of hydrogen-bond donors (Lipinski definition) is 3. The lowest BCUT2D eigenvalue weighted by atomic mass is 10.1. The molecule has 0 saturated heterocycles. The Balaban J connectivity index is 2.33. The van der Waals surface area contributed by atoms with Gasteiger partial charge in [-0.2, -0.15) is 0 Å². The molecule has 0 unspecified atom stereocenters. The van der Waals surface area contributed by atoms with Crippen molar-refractivity contribution >= 4 is 24.0 Å². The van der Waals surface area contributed by atoms with Gasteiger partial charge in [-0.25, -0.2) is 4.99 Å². The van der Waals surface area contributed by atoms with E-state index >= 15 is 0 Å². The molecule has 7 heteroatoms. The van der Waals surface area contributed by atoms with Crippen LogP contribution in [0.15, 0.2) is 9.98 Å². The van der Waals surface area contributed by atoms with Gasteiger partial charge in [0.1, 0.15) is 0 Å². The Morgan fingerprint density at radius 1 is 1.46 bits per heavy atom. The van der Waals surface area contributed by atoms with Crippen LogP contribution in [0.5, 0.6) is 0 Å². The highest BCUT2D eigenvalue weighted by Crippen LogP contribution is 2.07. The number of aliphatic imine (C=N–C) groups is 2. The van der Waals surface area contributed by atoms with Crippen LogP contribution in [-0.2, 0) is 9.59 Å². The van der Waals surface area contributed by atoms with Gasteiger partial charge in [0.05, 0.1) is 6.21 Å². The van der Waals surface area contributed by atoms with Crippen molar-refractivity contribution in [2.45, 2.75) is 12.2 Å². The van der Waals surface area contributed by atoms with Gasteiger partial charge in [-0.15, -0.1) is 0 Å². The maximum Gasteiger partial charge on any atom is 0.263 e. The van der Waals surface area contributed by atoms with Gasteiger partial charge in [-0.3, -0.25) is 19.9 Å². The molecular formula is C6H7N5O2. The van der Waals surface area contributed by atoms with Crippen molar-refractivity contribution in [3.05, 3.63) is 0 Å². The fourth-order valence-corrected chi connectivity index (χ4v) is 1.19. The summed E-state index contributed by atoms with van der Waals surface area (Å²) in [6.07, 6.45) is 0.406. The van der Waals surface area contributed by atoms with E-state index in [1.165, 1.54) is 0 Å². The van der Waals surface area contributed by atoms with E-state index in [1.807, 2.05) is 0 Å². The molecule has 0 aromatic rings. The van der Waals surface area contributed by atoms with E-state index in [1.54, 1.807) is 0 Å². The molecule has 4 N–H and O–H groups in total.